The third kappa shape index (κ3) is 6.48. The highest BCUT2D eigenvalue weighted by Crippen LogP contribution is 2.33. The molecule has 2 aromatic carbocycles. The third-order valence-corrected chi connectivity index (χ3v) is 4.30. The normalized spacial score (nSPS) is 10.6. The number of hydrogen-bond acceptors (Lipinski definition) is 6. The van der Waals surface area contributed by atoms with Crippen LogP contribution in [0.2, 0.25) is 0 Å². The van der Waals surface area contributed by atoms with Crippen molar-refractivity contribution in [2.24, 2.45) is 5.10 Å². The lowest BCUT2D eigenvalue weighted by atomic mass is 10.1. The summed E-state index contributed by atoms with van der Waals surface area (Å²) in [6.45, 7) is -0.240. The van der Waals surface area contributed by atoms with Gasteiger partial charge in [-0.15, -0.1) is 0 Å². The van der Waals surface area contributed by atoms with Gasteiger partial charge in [-0.05, 0) is 58.0 Å². The van der Waals surface area contributed by atoms with Crippen molar-refractivity contribution in [1.82, 2.24) is 5.43 Å². The fourth-order valence-corrected chi connectivity index (χ4v) is 2.93. The van der Waals surface area contributed by atoms with Gasteiger partial charge in [0.05, 0.1) is 30.4 Å². The Kier molecular flexibility index (Phi) is 8.18. The lowest BCUT2D eigenvalue weighted by molar-refractivity contribution is -0.143. The Morgan fingerprint density at radius 1 is 1.21 bits per heavy atom. The van der Waals surface area contributed by atoms with Crippen LogP contribution in [-0.2, 0) is 20.7 Å². The van der Waals surface area contributed by atoms with Crippen LogP contribution in [0.5, 0.6) is 11.5 Å². The molecule has 0 aliphatic rings. The monoisotopic (exact) mass is 500 g/mol. The van der Waals surface area contributed by atoms with E-state index < -0.39 is 5.97 Å². The zero-order valence-corrected chi connectivity index (χ0v) is 17.4. The molecule has 0 bridgehead atoms. The van der Waals surface area contributed by atoms with Gasteiger partial charge >= 0.3 is 5.97 Å². The number of rotatable bonds is 8. The quantitative estimate of drug-likeness (QED) is 0.261. The van der Waals surface area contributed by atoms with E-state index in [4.69, 9.17) is 9.47 Å². The Morgan fingerprint density at radius 2 is 1.93 bits per heavy atom. The van der Waals surface area contributed by atoms with E-state index in [9.17, 15) is 14.0 Å². The van der Waals surface area contributed by atoms with Gasteiger partial charge in [0, 0.05) is 0 Å². The number of amides is 1. The number of ether oxygens (including phenoxy) is 3. The number of carbonyl (C=O) groups excluding carboxylic acids is 2. The standard InChI is InChI=1S/C19H18FIN2O5/c1-26-16-8-13(7-15(21)19(16)28-11-18(25)27-2)10-22-23-17(24)9-12-3-5-14(20)6-4-12/h3-8,10H,9,11H2,1-2H3,(H,23,24)/b22-10+. The maximum atomic E-state index is 12.9. The van der Waals surface area contributed by atoms with Gasteiger partial charge in [0.15, 0.2) is 18.1 Å². The van der Waals surface area contributed by atoms with Gasteiger partial charge in [0.25, 0.3) is 0 Å². The van der Waals surface area contributed by atoms with Crippen LogP contribution in [-0.4, -0.2) is 38.9 Å². The highest BCUT2D eigenvalue weighted by molar-refractivity contribution is 14.1. The number of hydrogen-bond donors (Lipinski definition) is 1. The van der Waals surface area contributed by atoms with Crippen LogP contribution in [0, 0.1) is 9.39 Å². The Labute approximate surface area is 175 Å². The number of carbonyl (C=O) groups is 2. The van der Waals surface area contributed by atoms with Crippen LogP contribution >= 0.6 is 22.6 Å². The lowest BCUT2D eigenvalue weighted by Gasteiger charge is -2.12. The van der Waals surface area contributed by atoms with E-state index in [2.05, 4.69) is 15.3 Å². The van der Waals surface area contributed by atoms with Crippen molar-refractivity contribution in [3.05, 3.63) is 56.9 Å². The Bertz CT molecular complexity index is 871. The summed E-state index contributed by atoms with van der Waals surface area (Å²) < 4.78 is 28.8. The van der Waals surface area contributed by atoms with E-state index >= 15 is 0 Å². The minimum atomic E-state index is -0.507. The van der Waals surface area contributed by atoms with Gasteiger partial charge < -0.3 is 14.2 Å². The van der Waals surface area contributed by atoms with E-state index in [0.29, 0.717) is 26.2 Å². The predicted molar refractivity (Wildman–Crippen MR) is 109 cm³/mol. The van der Waals surface area contributed by atoms with Gasteiger partial charge in [-0.1, -0.05) is 12.1 Å². The predicted octanol–water partition coefficient (Wildman–Crippen LogP) is 2.68. The first-order valence-corrected chi connectivity index (χ1v) is 9.14. The minimum Gasteiger partial charge on any atom is -0.493 e. The van der Waals surface area contributed by atoms with E-state index in [-0.39, 0.29) is 24.8 Å². The molecule has 0 aliphatic heterocycles. The fourth-order valence-electron chi connectivity index (χ4n) is 2.15. The first-order valence-electron chi connectivity index (χ1n) is 8.06. The van der Waals surface area contributed by atoms with Crippen LogP contribution in [0.1, 0.15) is 11.1 Å². The summed E-state index contributed by atoms with van der Waals surface area (Å²) in [6.07, 6.45) is 1.54. The molecule has 0 aliphatic carbocycles. The minimum absolute atomic E-state index is 0.0821. The number of benzene rings is 2. The average molecular weight is 500 g/mol. The maximum absolute atomic E-state index is 12.9. The second-order valence-electron chi connectivity index (χ2n) is 5.50. The lowest BCUT2D eigenvalue weighted by Crippen LogP contribution is -2.19. The summed E-state index contributed by atoms with van der Waals surface area (Å²) in [7, 11) is 2.75. The van der Waals surface area contributed by atoms with Crippen molar-refractivity contribution in [3.63, 3.8) is 0 Å². The van der Waals surface area contributed by atoms with Gasteiger partial charge in [-0.3, -0.25) is 4.79 Å². The van der Waals surface area contributed by atoms with E-state index in [0.717, 1.165) is 0 Å². The number of nitrogens with zero attached hydrogens (tertiary/aromatic N) is 1. The molecule has 9 heteroatoms. The molecule has 1 amide bonds. The summed E-state index contributed by atoms with van der Waals surface area (Å²) in [4.78, 5) is 23.1. The van der Waals surface area contributed by atoms with E-state index in [1.54, 1.807) is 24.3 Å². The fraction of sp³-hybridized carbons (Fsp3) is 0.211. The summed E-state index contributed by atoms with van der Waals surface area (Å²) in [5.41, 5.74) is 3.75. The molecule has 0 fully saturated rings. The Hall–Kier alpha value is -2.69. The number of nitrogens with one attached hydrogen (secondary N) is 1. The third-order valence-electron chi connectivity index (χ3n) is 3.49. The second kappa shape index (κ2) is 10.6. The highest BCUT2D eigenvalue weighted by Gasteiger charge is 2.13. The van der Waals surface area contributed by atoms with Crippen LogP contribution in [0.25, 0.3) is 0 Å². The molecule has 0 atom stereocenters. The van der Waals surface area contributed by atoms with Crippen molar-refractivity contribution >= 4 is 40.7 Å². The number of esters is 1. The van der Waals surface area contributed by atoms with Gasteiger partial charge in [-0.25, -0.2) is 14.6 Å². The molecule has 0 heterocycles. The first kappa shape index (κ1) is 21.6. The molecule has 1 N–H and O–H groups in total. The zero-order valence-electron chi connectivity index (χ0n) is 15.2. The molecule has 0 aromatic heterocycles. The highest BCUT2D eigenvalue weighted by atomic mass is 127. The summed E-state index contributed by atoms with van der Waals surface area (Å²) >= 11 is 2.04. The first-order chi connectivity index (χ1) is 13.4. The summed E-state index contributed by atoms with van der Waals surface area (Å²) in [6, 6.07) is 9.08. The van der Waals surface area contributed by atoms with Crippen molar-refractivity contribution in [2.45, 2.75) is 6.42 Å². The van der Waals surface area contributed by atoms with Gasteiger partial charge in [0.2, 0.25) is 5.91 Å². The van der Waals surface area contributed by atoms with Crippen molar-refractivity contribution in [1.29, 1.82) is 0 Å². The van der Waals surface area contributed by atoms with Gasteiger partial charge in [-0.2, -0.15) is 5.10 Å². The largest absolute Gasteiger partial charge is 0.493 e. The topological polar surface area (TPSA) is 86.2 Å². The Morgan fingerprint density at radius 3 is 2.57 bits per heavy atom. The molecule has 7 nitrogen and oxygen atoms in total. The number of methoxy groups -OCH3 is 2. The van der Waals surface area contributed by atoms with Crippen molar-refractivity contribution < 1.29 is 28.2 Å². The summed E-state index contributed by atoms with van der Waals surface area (Å²) in [5.74, 6) is -0.375. The molecule has 0 saturated carbocycles. The summed E-state index contributed by atoms with van der Waals surface area (Å²) in [5, 5.41) is 3.92. The second-order valence-corrected chi connectivity index (χ2v) is 6.66. The molecule has 0 spiro atoms. The molecule has 0 radical (unpaired) electrons. The van der Waals surface area contributed by atoms with E-state index in [1.807, 2.05) is 22.6 Å². The molecule has 148 valence electrons. The van der Waals surface area contributed by atoms with Crippen LogP contribution in [0.3, 0.4) is 0 Å². The molecule has 28 heavy (non-hydrogen) atoms. The molecule has 2 aromatic rings. The number of halogens is 2. The van der Waals surface area contributed by atoms with Crippen molar-refractivity contribution in [3.8, 4) is 11.5 Å². The average Bonchev–Trinajstić information content (AvgIpc) is 2.68. The smallest absolute Gasteiger partial charge is 0.343 e. The van der Waals surface area contributed by atoms with Gasteiger partial charge in [0.1, 0.15) is 5.82 Å². The van der Waals surface area contributed by atoms with Crippen LogP contribution in [0.4, 0.5) is 4.39 Å². The molecule has 0 unspecified atom stereocenters. The number of hydrazone groups is 1. The van der Waals surface area contributed by atoms with Crippen molar-refractivity contribution in [2.75, 3.05) is 20.8 Å². The molecular weight excluding hydrogens is 482 g/mol. The van der Waals surface area contributed by atoms with Crippen LogP contribution < -0.4 is 14.9 Å². The zero-order chi connectivity index (χ0) is 20.5. The van der Waals surface area contributed by atoms with E-state index in [1.165, 1.54) is 32.6 Å². The molecular formula is C19H18FIN2O5. The SMILES string of the molecule is COC(=O)COc1c(I)cc(/C=N/NC(=O)Cc2ccc(F)cc2)cc1OC. The Balaban J connectivity index is 2.00. The molecule has 0 saturated heterocycles. The van der Waals surface area contributed by atoms with Crippen LogP contribution in [0.15, 0.2) is 41.5 Å². The molecule has 2 rings (SSSR count). The maximum Gasteiger partial charge on any atom is 0.343 e.